The summed E-state index contributed by atoms with van der Waals surface area (Å²) >= 11 is 9.04. The van der Waals surface area contributed by atoms with Gasteiger partial charge in [0, 0.05) is 22.7 Å². The summed E-state index contributed by atoms with van der Waals surface area (Å²) in [6.07, 6.45) is 1.69. The molecule has 1 atom stereocenters. The fourth-order valence-corrected chi connectivity index (χ4v) is 4.35. The van der Waals surface area contributed by atoms with Crippen molar-refractivity contribution in [3.8, 4) is 0 Å². The van der Waals surface area contributed by atoms with Crippen LogP contribution in [0.15, 0.2) is 45.9 Å². The lowest BCUT2D eigenvalue weighted by Gasteiger charge is -2.21. The quantitative estimate of drug-likeness (QED) is 0.538. The van der Waals surface area contributed by atoms with Crippen molar-refractivity contribution in [2.24, 2.45) is 13.0 Å². The molecule has 28 heavy (non-hydrogen) atoms. The number of hydrogen-bond acceptors (Lipinski definition) is 4. The minimum Gasteiger partial charge on any atom is -0.345 e. The van der Waals surface area contributed by atoms with Gasteiger partial charge in [0.1, 0.15) is 11.7 Å². The van der Waals surface area contributed by atoms with Crippen molar-refractivity contribution in [2.75, 3.05) is 0 Å². The molecule has 1 aromatic heterocycles. The first-order valence-corrected chi connectivity index (χ1v) is 10.9. The molecule has 2 aromatic rings. The van der Waals surface area contributed by atoms with Gasteiger partial charge in [-0.2, -0.15) is 4.72 Å². The van der Waals surface area contributed by atoms with Crippen molar-refractivity contribution in [1.82, 2.24) is 20.1 Å². The number of halogens is 2. The lowest BCUT2D eigenvalue weighted by molar-refractivity contribution is -0.124. The van der Waals surface area contributed by atoms with Crippen LogP contribution in [0.25, 0.3) is 0 Å². The van der Waals surface area contributed by atoms with E-state index in [1.54, 1.807) is 37.7 Å². The van der Waals surface area contributed by atoms with Crippen LogP contribution in [0.1, 0.15) is 24.3 Å². The third kappa shape index (κ3) is 5.57. The van der Waals surface area contributed by atoms with Crippen LogP contribution in [0.4, 0.5) is 0 Å². The number of nitrogens with one attached hydrogen (secondary N) is 3. The maximum absolute atomic E-state index is 12.5. The van der Waals surface area contributed by atoms with Gasteiger partial charge in [-0.3, -0.25) is 20.4 Å². The standard InChI is InChI=1S/C17H20BrClN4O4S/c1-10(2)15(22-28(26,27)13-6-4-12(19)5-7-13)17(25)21-20-16(24)14-8-11(18)9-23(14)3/h4-10,15,22H,1-3H3,(H,20,24)(H,21,25)/t15-/m1/s1. The Morgan fingerprint density at radius 3 is 2.25 bits per heavy atom. The van der Waals surface area contributed by atoms with Gasteiger partial charge in [-0.25, -0.2) is 8.42 Å². The van der Waals surface area contributed by atoms with Gasteiger partial charge in [0.05, 0.1) is 4.90 Å². The van der Waals surface area contributed by atoms with Gasteiger partial charge in [-0.05, 0) is 52.2 Å². The Morgan fingerprint density at radius 1 is 1.14 bits per heavy atom. The van der Waals surface area contributed by atoms with Crippen molar-refractivity contribution in [3.63, 3.8) is 0 Å². The molecular formula is C17H20BrClN4O4S. The van der Waals surface area contributed by atoms with Gasteiger partial charge in [0.25, 0.3) is 11.8 Å². The lowest BCUT2D eigenvalue weighted by Crippen LogP contribution is -2.54. The van der Waals surface area contributed by atoms with Crippen LogP contribution in [-0.4, -0.2) is 30.8 Å². The van der Waals surface area contributed by atoms with Crippen LogP contribution in [0.3, 0.4) is 0 Å². The van der Waals surface area contributed by atoms with Gasteiger partial charge in [0.2, 0.25) is 10.0 Å². The number of hydrogen-bond donors (Lipinski definition) is 3. The average Bonchev–Trinajstić information content (AvgIpc) is 2.96. The molecular weight excluding hydrogens is 472 g/mol. The number of sulfonamides is 1. The molecule has 0 saturated carbocycles. The van der Waals surface area contributed by atoms with Crippen molar-refractivity contribution < 1.29 is 18.0 Å². The summed E-state index contributed by atoms with van der Waals surface area (Å²) in [4.78, 5) is 24.7. The maximum atomic E-state index is 12.5. The molecule has 1 aromatic carbocycles. The first-order chi connectivity index (χ1) is 13.0. The van der Waals surface area contributed by atoms with E-state index >= 15 is 0 Å². The first-order valence-electron chi connectivity index (χ1n) is 8.21. The van der Waals surface area contributed by atoms with Gasteiger partial charge >= 0.3 is 0 Å². The van der Waals surface area contributed by atoms with Gasteiger partial charge in [-0.1, -0.05) is 25.4 Å². The highest BCUT2D eigenvalue weighted by Gasteiger charge is 2.29. The van der Waals surface area contributed by atoms with Crippen LogP contribution in [-0.2, 0) is 21.9 Å². The summed E-state index contributed by atoms with van der Waals surface area (Å²) < 4.78 is 29.7. The van der Waals surface area contributed by atoms with Crippen LogP contribution in [0, 0.1) is 5.92 Å². The Morgan fingerprint density at radius 2 is 1.75 bits per heavy atom. The zero-order valence-corrected chi connectivity index (χ0v) is 18.5. The minimum absolute atomic E-state index is 0.0203. The number of nitrogens with zero attached hydrogens (tertiary/aromatic N) is 1. The normalized spacial score (nSPS) is 12.6. The molecule has 0 aliphatic carbocycles. The predicted molar refractivity (Wildman–Crippen MR) is 109 cm³/mol. The van der Waals surface area contributed by atoms with Crippen molar-refractivity contribution in [1.29, 1.82) is 0 Å². The van der Waals surface area contributed by atoms with E-state index in [9.17, 15) is 18.0 Å². The minimum atomic E-state index is -3.95. The topological polar surface area (TPSA) is 109 Å². The Hall–Kier alpha value is -1.88. The Labute approximate surface area is 176 Å². The zero-order valence-electron chi connectivity index (χ0n) is 15.4. The molecule has 0 fully saturated rings. The number of carbonyl (C=O) groups is 2. The number of benzene rings is 1. The molecule has 3 N–H and O–H groups in total. The highest BCUT2D eigenvalue weighted by Crippen LogP contribution is 2.16. The average molecular weight is 492 g/mol. The third-order valence-corrected chi connectivity index (χ3v) is 6.00. The van der Waals surface area contributed by atoms with E-state index in [0.717, 1.165) is 0 Å². The molecule has 0 radical (unpaired) electrons. The van der Waals surface area contributed by atoms with Crippen LogP contribution >= 0.6 is 27.5 Å². The Bertz CT molecular complexity index is 974. The monoisotopic (exact) mass is 490 g/mol. The molecule has 0 aliphatic rings. The van der Waals surface area contributed by atoms with Crippen molar-refractivity contribution in [3.05, 3.63) is 51.7 Å². The molecule has 1 heterocycles. The van der Waals surface area contributed by atoms with Crippen LogP contribution in [0.5, 0.6) is 0 Å². The largest absolute Gasteiger partial charge is 0.345 e. The number of amides is 2. The van der Waals surface area contributed by atoms with Crippen LogP contribution in [0.2, 0.25) is 5.02 Å². The second-order valence-corrected chi connectivity index (χ2v) is 9.46. The van der Waals surface area contributed by atoms with E-state index in [1.165, 1.54) is 24.3 Å². The summed E-state index contributed by atoms with van der Waals surface area (Å²) in [5, 5.41) is 0.395. The van der Waals surface area contributed by atoms with Gasteiger partial charge in [0.15, 0.2) is 0 Å². The summed E-state index contributed by atoms with van der Waals surface area (Å²) in [5.41, 5.74) is 4.87. The second kappa shape index (κ2) is 9.08. The summed E-state index contributed by atoms with van der Waals surface area (Å²) in [6.45, 7) is 3.37. The van der Waals surface area contributed by atoms with E-state index in [2.05, 4.69) is 31.5 Å². The lowest BCUT2D eigenvalue weighted by atomic mass is 10.1. The molecule has 8 nitrogen and oxygen atoms in total. The fraction of sp³-hybridized carbons (Fsp3) is 0.294. The number of hydrazine groups is 1. The summed E-state index contributed by atoms with van der Waals surface area (Å²) in [6, 6.07) is 6.06. The molecule has 152 valence electrons. The Kier molecular flexibility index (Phi) is 7.27. The maximum Gasteiger partial charge on any atom is 0.286 e. The fourth-order valence-electron chi connectivity index (χ4n) is 2.35. The number of rotatable bonds is 6. The molecule has 0 saturated heterocycles. The van der Waals surface area contributed by atoms with Gasteiger partial charge in [-0.15, -0.1) is 0 Å². The molecule has 0 unspecified atom stereocenters. The van der Waals surface area contributed by atoms with E-state index < -0.39 is 27.9 Å². The van der Waals surface area contributed by atoms with E-state index in [1.807, 2.05) is 0 Å². The number of aryl methyl sites for hydroxylation is 1. The predicted octanol–water partition coefficient (Wildman–Crippen LogP) is 2.21. The van der Waals surface area contributed by atoms with Gasteiger partial charge < -0.3 is 4.57 Å². The zero-order chi connectivity index (χ0) is 21.1. The smallest absolute Gasteiger partial charge is 0.286 e. The highest BCUT2D eigenvalue weighted by molar-refractivity contribution is 9.10. The third-order valence-electron chi connectivity index (χ3n) is 3.86. The van der Waals surface area contributed by atoms with E-state index in [4.69, 9.17) is 11.6 Å². The second-order valence-electron chi connectivity index (χ2n) is 6.39. The summed E-state index contributed by atoms with van der Waals surface area (Å²) in [5.74, 6) is -1.60. The van der Waals surface area contributed by atoms with Crippen molar-refractivity contribution >= 4 is 49.4 Å². The highest BCUT2D eigenvalue weighted by atomic mass is 79.9. The Balaban J connectivity index is 2.08. The van der Waals surface area contributed by atoms with E-state index in [0.29, 0.717) is 15.2 Å². The SMILES string of the molecule is CC(C)[C@@H](NS(=O)(=O)c1ccc(Cl)cc1)C(=O)NNC(=O)c1cc(Br)cn1C. The number of carbonyl (C=O) groups excluding carboxylic acids is 2. The van der Waals surface area contributed by atoms with Crippen LogP contribution < -0.4 is 15.6 Å². The molecule has 2 amide bonds. The first kappa shape index (κ1) is 22.4. The molecule has 0 bridgehead atoms. The molecule has 0 spiro atoms. The summed E-state index contributed by atoms with van der Waals surface area (Å²) in [7, 11) is -2.27. The number of aromatic nitrogens is 1. The molecule has 2 rings (SSSR count). The molecule has 0 aliphatic heterocycles. The van der Waals surface area contributed by atoms with Crippen molar-refractivity contribution in [2.45, 2.75) is 24.8 Å². The molecule has 11 heteroatoms. The van der Waals surface area contributed by atoms with E-state index in [-0.39, 0.29) is 10.8 Å².